The molecule has 0 saturated carbocycles. The van der Waals surface area contributed by atoms with Gasteiger partial charge >= 0.3 is 11.9 Å². The number of nitro groups is 1. The van der Waals surface area contributed by atoms with E-state index in [2.05, 4.69) is 5.32 Å². The quantitative estimate of drug-likeness (QED) is 0.181. The van der Waals surface area contributed by atoms with Crippen LogP contribution in [-0.2, 0) is 35.3 Å². The van der Waals surface area contributed by atoms with Gasteiger partial charge in [0.05, 0.1) is 12.0 Å². The van der Waals surface area contributed by atoms with Gasteiger partial charge in [-0.3, -0.25) is 24.5 Å². The summed E-state index contributed by atoms with van der Waals surface area (Å²) >= 11 is 1.20. The smallest absolute Gasteiger partial charge is 0.333 e. The zero-order valence-electron chi connectivity index (χ0n) is 21.4. The third-order valence-electron chi connectivity index (χ3n) is 6.01. The largest absolute Gasteiger partial charge is 0.497 e. The number of thioether (sulfide) groups is 1. The molecule has 0 aromatic heterocycles. The van der Waals surface area contributed by atoms with Crippen LogP contribution in [0.4, 0.5) is 5.69 Å². The average molecular weight is 572 g/mol. The predicted octanol–water partition coefficient (Wildman–Crippen LogP) is 1.94. The molecule has 4 rings (SSSR count). The SMILES string of the molecule is COc1ccc(COC(=O)C2C(COC(C)=O)=CS[C@@H]3C(NC(=O)COc4ccc([N+](=O)[O-])cc4)C(=O)N23)cc1. The molecule has 0 radical (unpaired) electrons. The molecular formula is C26H25N3O10S. The van der Waals surface area contributed by atoms with Crippen LogP contribution in [0.1, 0.15) is 12.5 Å². The maximum atomic E-state index is 13.2. The first kappa shape index (κ1) is 28.4. The molecule has 40 heavy (non-hydrogen) atoms. The van der Waals surface area contributed by atoms with Crippen LogP contribution in [0, 0.1) is 10.1 Å². The highest BCUT2D eigenvalue weighted by atomic mass is 32.2. The Kier molecular flexibility index (Phi) is 8.89. The van der Waals surface area contributed by atoms with E-state index in [0.717, 1.165) is 0 Å². The van der Waals surface area contributed by atoms with Crippen molar-refractivity contribution in [3.05, 3.63) is 75.2 Å². The van der Waals surface area contributed by atoms with Gasteiger partial charge in [0.15, 0.2) is 12.6 Å². The molecule has 2 aromatic rings. The van der Waals surface area contributed by atoms with Gasteiger partial charge in [-0.2, -0.15) is 0 Å². The first-order valence-electron chi connectivity index (χ1n) is 11.9. The minimum Gasteiger partial charge on any atom is -0.497 e. The number of amides is 2. The number of fused-ring (bicyclic) bond motifs is 1. The summed E-state index contributed by atoms with van der Waals surface area (Å²) in [4.78, 5) is 61.6. The standard InChI is InChI=1S/C26H25N3O10S/c1-15(30)37-12-17-14-40-25-22(27-21(31)13-38-20-9-5-18(6-10-20)29(34)35)24(32)28(25)23(17)26(33)39-11-16-3-7-19(36-2)8-4-16/h3-10,14,22-23,25H,11-13H2,1-2H3,(H,27,31)/t22?,23?,25-/m1/s1. The van der Waals surface area contributed by atoms with Gasteiger partial charge in [-0.05, 0) is 35.2 Å². The normalized spacial score (nSPS) is 19.4. The minimum atomic E-state index is -1.14. The fraction of sp³-hybridized carbons (Fsp3) is 0.308. The van der Waals surface area contributed by atoms with Crippen LogP contribution in [0.25, 0.3) is 0 Å². The summed E-state index contributed by atoms with van der Waals surface area (Å²) < 4.78 is 21.0. The summed E-state index contributed by atoms with van der Waals surface area (Å²) in [5.41, 5.74) is 0.954. The number of ether oxygens (including phenoxy) is 4. The summed E-state index contributed by atoms with van der Waals surface area (Å²) in [5.74, 6) is -1.48. The highest BCUT2D eigenvalue weighted by Gasteiger charge is 2.56. The van der Waals surface area contributed by atoms with E-state index in [-0.39, 0.29) is 24.7 Å². The maximum Gasteiger partial charge on any atom is 0.333 e. The number of carbonyl (C=O) groups excluding carboxylic acids is 4. The van der Waals surface area contributed by atoms with E-state index in [4.69, 9.17) is 18.9 Å². The van der Waals surface area contributed by atoms with Gasteiger partial charge in [0.2, 0.25) is 5.91 Å². The monoisotopic (exact) mass is 571 g/mol. The number of non-ortho nitro benzene ring substituents is 1. The third-order valence-corrected chi connectivity index (χ3v) is 7.22. The lowest BCUT2D eigenvalue weighted by Gasteiger charge is -2.51. The maximum absolute atomic E-state index is 13.2. The molecule has 2 amide bonds. The number of β-lactam (4-membered cyclic amide) rings is 1. The van der Waals surface area contributed by atoms with E-state index in [0.29, 0.717) is 16.9 Å². The molecule has 2 unspecified atom stereocenters. The van der Waals surface area contributed by atoms with E-state index in [1.165, 1.54) is 55.0 Å². The van der Waals surface area contributed by atoms with E-state index < -0.39 is 52.7 Å². The number of rotatable bonds is 11. The average Bonchev–Trinajstić information content (AvgIpc) is 2.96. The van der Waals surface area contributed by atoms with Crippen molar-refractivity contribution in [1.29, 1.82) is 0 Å². The first-order chi connectivity index (χ1) is 19.2. The Labute approximate surface area is 232 Å². The van der Waals surface area contributed by atoms with Crippen LogP contribution in [-0.4, -0.2) is 71.4 Å². The van der Waals surface area contributed by atoms with Crippen LogP contribution in [0.15, 0.2) is 59.5 Å². The Morgan fingerprint density at radius 1 is 1.02 bits per heavy atom. The Bertz CT molecular complexity index is 1330. The van der Waals surface area contributed by atoms with E-state index in [1.54, 1.807) is 29.7 Å². The van der Waals surface area contributed by atoms with Crippen molar-refractivity contribution in [2.45, 2.75) is 31.0 Å². The fourth-order valence-electron chi connectivity index (χ4n) is 3.98. The Morgan fingerprint density at radius 3 is 2.33 bits per heavy atom. The van der Waals surface area contributed by atoms with Gasteiger partial charge in [-0.1, -0.05) is 12.1 Å². The molecule has 0 bridgehead atoms. The summed E-state index contributed by atoms with van der Waals surface area (Å²) in [6.07, 6.45) is 0. The van der Waals surface area contributed by atoms with Gasteiger partial charge in [-0.15, -0.1) is 11.8 Å². The molecule has 210 valence electrons. The Morgan fingerprint density at radius 2 is 1.70 bits per heavy atom. The molecule has 1 saturated heterocycles. The summed E-state index contributed by atoms with van der Waals surface area (Å²) in [6, 6.07) is 10.1. The molecule has 2 aromatic carbocycles. The van der Waals surface area contributed by atoms with Gasteiger partial charge in [0.1, 0.15) is 36.1 Å². The molecule has 1 fully saturated rings. The second kappa shape index (κ2) is 12.5. The van der Waals surface area contributed by atoms with Crippen molar-refractivity contribution in [2.24, 2.45) is 0 Å². The van der Waals surface area contributed by atoms with Crippen LogP contribution >= 0.6 is 11.8 Å². The molecular weight excluding hydrogens is 546 g/mol. The number of methoxy groups -OCH3 is 1. The number of nitrogens with zero attached hydrogens (tertiary/aromatic N) is 2. The molecule has 14 heteroatoms. The first-order valence-corrected chi connectivity index (χ1v) is 12.9. The predicted molar refractivity (Wildman–Crippen MR) is 140 cm³/mol. The molecule has 2 heterocycles. The number of carbonyl (C=O) groups is 4. The molecule has 3 atom stereocenters. The van der Waals surface area contributed by atoms with Gasteiger partial charge in [0.25, 0.3) is 11.6 Å². The Balaban J connectivity index is 1.39. The molecule has 0 spiro atoms. The van der Waals surface area contributed by atoms with E-state index in [1.807, 2.05) is 0 Å². The number of hydrogen-bond donors (Lipinski definition) is 1. The number of hydrogen-bond acceptors (Lipinski definition) is 11. The van der Waals surface area contributed by atoms with Crippen LogP contribution < -0.4 is 14.8 Å². The molecule has 2 aliphatic rings. The van der Waals surface area contributed by atoms with Gasteiger partial charge < -0.3 is 29.2 Å². The fourth-order valence-corrected chi connectivity index (χ4v) is 5.19. The second-order valence-corrected chi connectivity index (χ2v) is 9.68. The highest BCUT2D eigenvalue weighted by Crippen LogP contribution is 2.40. The molecule has 1 N–H and O–H groups in total. The van der Waals surface area contributed by atoms with Crippen molar-refractivity contribution in [3.63, 3.8) is 0 Å². The van der Waals surface area contributed by atoms with Gasteiger partial charge in [0, 0.05) is 24.6 Å². The number of nitro benzene ring substituents is 1. The number of esters is 2. The lowest BCUT2D eigenvalue weighted by atomic mass is 9.98. The van der Waals surface area contributed by atoms with Crippen molar-refractivity contribution in [3.8, 4) is 11.5 Å². The highest BCUT2D eigenvalue weighted by molar-refractivity contribution is 8.02. The van der Waals surface area contributed by atoms with Crippen LogP contribution in [0.3, 0.4) is 0 Å². The lowest BCUT2D eigenvalue weighted by molar-refractivity contribution is -0.384. The zero-order chi connectivity index (χ0) is 28.8. The van der Waals surface area contributed by atoms with Crippen molar-refractivity contribution < 1.29 is 43.0 Å². The number of benzene rings is 2. The van der Waals surface area contributed by atoms with E-state index in [9.17, 15) is 29.3 Å². The van der Waals surface area contributed by atoms with Crippen LogP contribution in [0.5, 0.6) is 11.5 Å². The second-order valence-electron chi connectivity index (χ2n) is 8.69. The van der Waals surface area contributed by atoms with Crippen molar-refractivity contribution >= 4 is 41.2 Å². The summed E-state index contributed by atoms with van der Waals surface area (Å²) in [7, 11) is 1.54. The van der Waals surface area contributed by atoms with Gasteiger partial charge in [-0.25, -0.2) is 4.79 Å². The summed E-state index contributed by atoms with van der Waals surface area (Å²) in [5, 5.41) is 14.4. The minimum absolute atomic E-state index is 0.0554. The zero-order valence-corrected chi connectivity index (χ0v) is 22.3. The van der Waals surface area contributed by atoms with Crippen molar-refractivity contribution in [2.75, 3.05) is 20.3 Å². The lowest BCUT2D eigenvalue weighted by Crippen LogP contribution is -2.74. The molecule has 2 aliphatic heterocycles. The van der Waals surface area contributed by atoms with Crippen molar-refractivity contribution in [1.82, 2.24) is 10.2 Å². The molecule has 0 aliphatic carbocycles. The third kappa shape index (κ3) is 6.51. The summed E-state index contributed by atoms with van der Waals surface area (Å²) in [6.45, 7) is 0.538. The Hall–Kier alpha value is -4.59. The van der Waals surface area contributed by atoms with E-state index >= 15 is 0 Å². The van der Waals surface area contributed by atoms with Crippen LogP contribution in [0.2, 0.25) is 0 Å². The topological polar surface area (TPSA) is 164 Å². The number of nitrogens with one attached hydrogen (secondary N) is 1. The molecule has 13 nitrogen and oxygen atoms in total.